The molecule has 3 rings (SSSR count). The lowest BCUT2D eigenvalue weighted by molar-refractivity contribution is 0.0994. The van der Waals surface area contributed by atoms with Gasteiger partial charge in [-0.05, 0) is 43.0 Å². The first-order valence-electron chi connectivity index (χ1n) is 6.76. The number of nitrogens with zero attached hydrogens (tertiary/aromatic N) is 1. The first kappa shape index (κ1) is 10.8. The van der Waals surface area contributed by atoms with Gasteiger partial charge in [-0.3, -0.25) is 4.79 Å². The minimum absolute atomic E-state index is 0.322. The van der Waals surface area contributed by atoms with Gasteiger partial charge in [-0.2, -0.15) is 0 Å². The third kappa shape index (κ3) is 2.08. The quantitative estimate of drug-likeness (QED) is 0.737. The number of carbonyl (C=O) groups excluding carboxylic acids is 1. The maximum Gasteiger partial charge on any atom is 0.163 e. The third-order valence-corrected chi connectivity index (χ3v) is 3.98. The van der Waals surface area contributed by atoms with Crippen LogP contribution in [0.5, 0.6) is 0 Å². The molecule has 0 radical (unpaired) electrons. The summed E-state index contributed by atoms with van der Waals surface area (Å²) in [5, 5.41) is 0. The van der Waals surface area contributed by atoms with Crippen LogP contribution in [-0.2, 0) is 6.42 Å². The number of hydrogen-bond donors (Lipinski definition) is 0. The molecule has 0 atom stereocenters. The van der Waals surface area contributed by atoms with Crippen LogP contribution in [0, 0.1) is 0 Å². The van der Waals surface area contributed by atoms with Gasteiger partial charge in [0.15, 0.2) is 5.78 Å². The number of anilines is 1. The van der Waals surface area contributed by atoms with Crippen LogP contribution in [0.2, 0.25) is 0 Å². The highest BCUT2D eigenvalue weighted by Gasteiger charge is 2.20. The number of carbonyl (C=O) groups is 1. The molecule has 0 N–H and O–H groups in total. The topological polar surface area (TPSA) is 20.3 Å². The summed E-state index contributed by atoms with van der Waals surface area (Å²) in [6.45, 7) is 2.35. The lowest BCUT2D eigenvalue weighted by Gasteiger charge is -2.23. The van der Waals surface area contributed by atoms with Crippen molar-refractivity contribution in [3.63, 3.8) is 0 Å². The summed E-state index contributed by atoms with van der Waals surface area (Å²) in [5.41, 5.74) is 3.54. The Morgan fingerprint density at radius 1 is 0.941 bits per heavy atom. The molecule has 1 fully saturated rings. The summed E-state index contributed by atoms with van der Waals surface area (Å²) in [5.74, 6) is 0.322. The summed E-state index contributed by atoms with van der Waals surface area (Å²) in [6.07, 6.45) is 6.97. The molecule has 1 saturated heterocycles. The van der Waals surface area contributed by atoms with E-state index in [1.807, 2.05) is 6.07 Å². The fraction of sp³-hybridized carbons (Fsp3) is 0.533. The van der Waals surface area contributed by atoms with Gasteiger partial charge >= 0.3 is 0 Å². The van der Waals surface area contributed by atoms with Crippen molar-refractivity contribution in [2.75, 3.05) is 18.0 Å². The second-order valence-electron chi connectivity index (χ2n) is 5.17. The smallest absolute Gasteiger partial charge is 0.163 e. The van der Waals surface area contributed by atoms with E-state index in [0.29, 0.717) is 12.2 Å². The molecule has 1 heterocycles. The number of ketones is 1. The van der Waals surface area contributed by atoms with Gasteiger partial charge in [-0.15, -0.1) is 0 Å². The van der Waals surface area contributed by atoms with Crippen molar-refractivity contribution < 1.29 is 4.79 Å². The van der Waals surface area contributed by atoms with Crippen molar-refractivity contribution in [2.24, 2.45) is 0 Å². The summed E-state index contributed by atoms with van der Waals surface area (Å²) >= 11 is 0. The predicted octanol–water partition coefficient (Wildman–Crippen LogP) is 3.20. The van der Waals surface area contributed by atoms with Crippen LogP contribution in [-0.4, -0.2) is 18.9 Å². The Hall–Kier alpha value is -1.31. The molecular formula is C15H19NO. The van der Waals surface area contributed by atoms with Crippen molar-refractivity contribution in [1.82, 2.24) is 0 Å². The van der Waals surface area contributed by atoms with Crippen LogP contribution in [0.3, 0.4) is 0 Å². The Kier molecular flexibility index (Phi) is 2.87. The van der Waals surface area contributed by atoms with E-state index >= 15 is 0 Å². The van der Waals surface area contributed by atoms with E-state index in [4.69, 9.17) is 0 Å². The number of rotatable bonds is 1. The minimum atomic E-state index is 0.322. The zero-order valence-electron chi connectivity index (χ0n) is 10.2. The zero-order valence-corrected chi connectivity index (χ0v) is 10.2. The molecule has 0 amide bonds. The van der Waals surface area contributed by atoms with Crippen LogP contribution in [0.4, 0.5) is 5.69 Å². The Labute approximate surface area is 103 Å². The largest absolute Gasteiger partial charge is 0.372 e. The Morgan fingerprint density at radius 3 is 2.47 bits per heavy atom. The highest BCUT2D eigenvalue weighted by atomic mass is 16.1. The number of fused-ring (bicyclic) bond motifs is 1. The van der Waals surface area contributed by atoms with Crippen molar-refractivity contribution in [2.45, 2.75) is 38.5 Å². The van der Waals surface area contributed by atoms with Crippen LogP contribution < -0.4 is 4.90 Å². The normalized spacial score (nSPS) is 20.2. The summed E-state index contributed by atoms with van der Waals surface area (Å²) in [4.78, 5) is 14.1. The van der Waals surface area contributed by atoms with Gasteiger partial charge < -0.3 is 4.90 Å². The van der Waals surface area contributed by atoms with E-state index in [0.717, 1.165) is 12.0 Å². The molecule has 2 heteroatoms. The van der Waals surface area contributed by atoms with Crippen molar-refractivity contribution in [1.29, 1.82) is 0 Å². The van der Waals surface area contributed by atoms with E-state index < -0.39 is 0 Å². The molecule has 2 nitrogen and oxygen atoms in total. The second-order valence-corrected chi connectivity index (χ2v) is 5.17. The summed E-state index contributed by atoms with van der Waals surface area (Å²) in [7, 11) is 0. The number of Topliss-reactive ketones (excluding diaryl/α,β-unsaturated/α-hetero) is 1. The minimum Gasteiger partial charge on any atom is -0.372 e. The summed E-state index contributed by atoms with van der Waals surface area (Å²) < 4.78 is 0. The van der Waals surface area contributed by atoms with Crippen LogP contribution >= 0.6 is 0 Å². The molecule has 0 spiro atoms. The highest BCUT2D eigenvalue weighted by Crippen LogP contribution is 2.28. The van der Waals surface area contributed by atoms with Crippen LogP contribution in [0.1, 0.15) is 48.0 Å². The van der Waals surface area contributed by atoms with Crippen molar-refractivity contribution in [3.8, 4) is 0 Å². The SMILES string of the molecule is O=C1CCc2cc(N3CCCCCC3)ccc21. The van der Waals surface area contributed by atoms with Crippen LogP contribution in [0.15, 0.2) is 18.2 Å². The number of aryl methyl sites for hydroxylation is 1. The Bertz CT molecular complexity index is 431. The van der Waals surface area contributed by atoms with Gasteiger partial charge in [-0.1, -0.05) is 12.8 Å². The number of hydrogen-bond acceptors (Lipinski definition) is 2. The van der Waals surface area contributed by atoms with Crippen LogP contribution in [0.25, 0.3) is 0 Å². The molecular weight excluding hydrogens is 210 g/mol. The first-order chi connectivity index (χ1) is 8.34. The molecule has 0 aromatic heterocycles. The van der Waals surface area contributed by atoms with E-state index in [9.17, 15) is 4.79 Å². The van der Waals surface area contributed by atoms with Gasteiger partial charge in [0.25, 0.3) is 0 Å². The van der Waals surface area contributed by atoms with Gasteiger partial charge in [0, 0.05) is 30.8 Å². The molecule has 0 unspecified atom stereocenters. The molecule has 1 aromatic carbocycles. The van der Waals surface area contributed by atoms with E-state index in [1.165, 1.54) is 50.0 Å². The predicted molar refractivity (Wildman–Crippen MR) is 69.8 cm³/mol. The van der Waals surface area contributed by atoms with Gasteiger partial charge in [0.1, 0.15) is 0 Å². The van der Waals surface area contributed by atoms with Gasteiger partial charge in [0.05, 0.1) is 0 Å². The standard InChI is InChI=1S/C15H19NO/c17-15-8-5-12-11-13(6-7-14(12)15)16-9-3-1-2-4-10-16/h6-7,11H,1-5,8-10H2. The van der Waals surface area contributed by atoms with Crippen molar-refractivity contribution >= 4 is 11.5 Å². The first-order valence-corrected chi connectivity index (χ1v) is 6.76. The second kappa shape index (κ2) is 4.52. The average molecular weight is 229 g/mol. The Morgan fingerprint density at radius 2 is 1.71 bits per heavy atom. The van der Waals surface area contributed by atoms with Gasteiger partial charge in [0.2, 0.25) is 0 Å². The van der Waals surface area contributed by atoms with Gasteiger partial charge in [-0.25, -0.2) is 0 Å². The third-order valence-electron chi connectivity index (χ3n) is 3.98. The summed E-state index contributed by atoms with van der Waals surface area (Å²) in [6, 6.07) is 6.41. The fourth-order valence-corrected chi connectivity index (χ4v) is 2.97. The van der Waals surface area contributed by atoms with E-state index in [2.05, 4.69) is 17.0 Å². The molecule has 0 bridgehead atoms. The maximum absolute atomic E-state index is 11.6. The van der Waals surface area contributed by atoms with E-state index in [-0.39, 0.29) is 0 Å². The maximum atomic E-state index is 11.6. The highest BCUT2D eigenvalue weighted by molar-refractivity contribution is 6.00. The average Bonchev–Trinajstić information content (AvgIpc) is 2.58. The lowest BCUT2D eigenvalue weighted by atomic mass is 10.1. The fourth-order valence-electron chi connectivity index (χ4n) is 2.97. The molecule has 2 aliphatic rings. The molecule has 90 valence electrons. The Balaban J connectivity index is 1.86. The monoisotopic (exact) mass is 229 g/mol. The molecule has 1 aromatic rings. The zero-order chi connectivity index (χ0) is 11.7. The molecule has 1 aliphatic heterocycles. The van der Waals surface area contributed by atoms with Crippen molar-refractivity contribution in [3.05, 3.63) is 29.3 Å². The number of benzene rings is 1. The van der Waals surface area contributed by atoms with E-state index in [1.54, 1.807) is 0 Å². The molecule has 1 aliphatic carbocycles. The lowest BCUT2D eigenvalue weighted by Crippen LogP contribution is -2.23. The molecule has 17 heavy (non-hydrogen) atoms. The molecule has 0 saturated carbocycles.